The van der Waals surface area contributed by atoms with Gasteiger partial charge in [0, 0.05) is 49.9 Å². The van der Waals surface area contributed by atoms with Crippen LogP contribution in [0.1, 0.15) is 22.4 Å². The highest BCUT2D eigenvalue weighted by molar-refractivity contribution is 5.86. The van der Waals surface area contributed by atoms with Crippen LogP contribution < -0.4 is 9.80 Å². The summed E-state index contributed by atoms with van der Waals surface area (Å²) >= 11 is 0. The maximum Gasteiger partial charge on any atom is 0.158 e. The maximum absolute atomic E-state index is 4.68. The van der Waals surface area contributed by atoms with Gasteiger partial charge in [-0.3, -0.25) is 15.1 Å². The van der Waals surface area contributed by atoms with Crippen molar-refractivity contribution in [1.82, 2.24) is 25.1 Å². The number of aromatic nitrogens is 5. The van der Waals surface area contributed by atoms with Crippen LogP contribution in [0.25, 0.3) is 11.1 Å². The van der Waals surface area contributed by atoms with Crippen LogP contribution in [-0.4, -0.2) is 38.9 Å². The molecule has 0 fully saturated rings. The summed E-state index contributed by atoms with van der Waals surface area (Å²) in [6.45, 7) is 0.739. The summed E-state index contributed by atoms with van der Waals surface area (Å²) in [6, 6.07) is 19.0. The Morgan fingerprint density at radius 3 is 2.38 bits per heavy atom. The molecule has 5 aromatic rings. The molecule has 1 aromatic carbocycles. The molecule has 7 rings (SSSR count). The van der Waals surface area contributed by atoms with Crippen LogP contribution in [0.5, 0.6) is 0 Å². The minimum Gasteiger partial charge on any atom is -0.354 e. The number of benzene rings is 1. The van der Waals surface area contributed by atoms with Crippen molar-refractivity contribution >= 4 is 17.2 Å². The Morgan fingerprint density at radius 1 is 0.853 bits per heavy atom. The summed E-state index contributed by atoms with van der Waals surface area (Å²) in [5, 5.41) is 7.60. The van der Waals surface area contributed by atoms with E-state index in [1.165, 1.54) is 11.1 Å². The molecule has 0 saturated carbocycles. The smallest absolute Gasteiger partial charge is 0.158 e. The Balaban J connectivity index is 1.50. The van der Waals surface area contributed by atoms with Gasteiger partial charge in [0.05, 0.1) is 23.5 Å². The number of pyridine rings is 3. The molecule has 1 aliphatic carbocycles. The zero-order chi connectivity index (χ0) is 22.7. The first-order chi connectivity index (χ1) is 16.8. The van der Waals surface area contributed by atoms with E-state index in [0.717, 1.165) is 46.2 Å². The van der Waals surface area contributed by atoms with Crippen molar-refractivity contribution in [2.75, 3.05) is 23.5 Å². The summed E-state index contributed by atoms with van der Waals surface area (Å²) in [5.74, 6) is 0.966. The van der Waals surface area contributed by atoms with E-state index in [1.54, 1.807) is 6.20 Å². The van der Waals surface area contributed by atoms with Gasteiger partial charge in [-0.15, -0.1) is 0 Å². The van der Waals surface area contributed by atoms with Crippen LogP contribution in [0.4, 0.5) is 17.2 Å². The van der Waals surface area contributed by atoms with Crippen molar-refractivity contribution in [3.05, 3.63) is 114 Å². The summed E-state index contributed by atoms with van der Waals surface area (Å²) < 4.78 is 0. The molecule has 0 atom stereocenters. The molecule has 5 heterocycles. The number of anilines is 3. The number of rotatable bonds is 3. The predicted molar refractivity (Wildman–Crippen MR) is 131 cm³/mol. The first-order valence-electron chi connectivity index (χ1n) is 11.2. The molecule has 0 radical (unpaired) electrons. The Morgan fingerprint density at radius 2 is 1.65 bits per heavy atom. The lowest BCUT2D eigenvalue weighted by Crippen LogP contribution is -2.30. The van der Waals surface area contributed by atoms with E-state index in [0.29, 0.717) is 0 Å². The fourth-order valence-electron chi connectivity index (χ4n) is 5.58. The third-order valence-corrected chi connectivity index (χ3v) is 7.02. The van der Waals surface area contributed by atoms with E-state index in [4.69, 9.17) is 0 Å². The molecule has 0 unspecified atom stereocenters. The van der Waals surface area contributed by atoms with Gasteiger partial charge in [0.2, 0.25) is 0 Å². The minimum absolute atomic E-state index is 0.599. The SMILES string of the molecule is CN1CN(c2cccc(C3(c4ccn[nH]4)c4cnccc4-c4ccncc43)c2)c2ncccc21. The van der Waals surface area contributed by atoms with Gasteiger partial charge in [0.15, 0.2) is 5.82 Å². The van der Waals surface area contributed by atoms with Gasteiger partial charge in [0.1, 0.15) is 0 Å². The van der Waals surface area contributed by atoms with Crippen molar-refractivity contribution < 1.29 is 0 Å². The number of aromatic amines is 1. The van der Waals surface area contributed by atoms with Crippen molar-refractivity contribution in [3.63, 3.8) is 0 Å². The van der Waals surface area contributed by atoms with Crippen molar-refractivity contribution in [1.29, 1.82) is 0 Å². The first kappa shape index (κ1) is 19.0. The number of hydrogen-bond donors (Lipinski definition) is 1. The Bertz CT molecular complexity index is 1480. The van der Waals surface area contributed by atoms with E-state index in [-0.39, 0.29) is 0 Å². The molecule has 34 heavy (non-hydrogen) atoms. The fourth-order valence-corrected chi connectivity index (χ4v) is 5.58. The number of nitrogens with one attached hydrogen (secondary N) is 1. The molecule has 1 N–H and O–H groups in total. The number of hydrogen-bond acceptors (Lipinski definition) is 6. The highest BCUT2D eigenvalue weighted by Gasteiger charge is 2.48. The Kier molecular flexibility index (Phi) is 3.90. The van der Waals surface area contributed by atoms with Gasteiger partial charge in [0.25, 0.3) is 0 Å². The second kappa shape index (κ2) is 6.99. The first-order valence-corrected chi connectivity index (χ1v) is 11.2. The van der Waals surface area contributed by atoms with E-state index in [9.17, 15) is 0 Å². The highest BCUT2D eigenvalue weighted by Crippen LogP contribution is 2.55. The summed E-state index contributed by atoms with van der Waals surface area (Å²) in [7, 11) is 2.09. The van der Waals surface area contributed by atoms with Crippen LogP contribution in [0.3, 0.4) is 0 Å². The van der Waals surface area contributed by atoms with Gasteiger partial charge in [-0.1, -0.05) is 12.1 Å². The van der Waals surface area contributed by atoms with Crippen molar-refractivity contribution in [2.45, 2.75) is 5.41 Å². The van der Waals surface area contributed by atoms with Crippen LogP contribution >= 0.6 is 0 Å². The summed E-state index contributed by atoms with van der Waals surface area (Å²) in [4.78, 5) is 18.2. The second-order valence-electron chi connectivity index (χ2n) is 8.73. The molecule has 4 aromatic heterocycles. The Labute approximate surface area is 196 Å². The lowest BCUT2D eigenvalue weighted by atomic mass is 9.71. The van der Waals surface area contributed by atoms with Crippen molar-refractivity contribution in [2.24, 2.45) is 0 Å². The molecule has 0 amide bonds. The van der Waals surface area contributed by atoms with Crippen LogP contribution in [0.15, 0.2) is 91.8 Å². The zero-order valence-electron chi connectivity index (χ0n) is 18.6. The fraction of sp³-hybridized carbons (Fsp3) is 0.111. The van der Waals surface area contributed by atoms with Crippen LogP contribution in [0, 0.1) is 0 Å². The van der Waals surface area contributed by atoms with Gasteiger partial charge in [-0.25, -0.2) is 4.98 Å². The zero-order valence-corrected chi connectivity index (χ0v) is 18.6. The number of fused-ring (bicyclic) bond motifs is 4. The second-order valence-corrected chi connectivity index (χ2v) is 8.73. The maximum atomic E-state index is 4.68. The summed E-state index contributed by atoms with van der Waals surface area (Å²) in [6.07, 6.45) is 11.3. The molecule has 1 aliphatic heterocycles. The standard InChI is InChI=1S/C27H21N7/c1-33-17-34(26-24(33)6-3-10-30-26)19-5-2-4-18(14-19)27(25-9-13-31-32-25)22-15-28-11-7-20(22)21-8-12-29-16-23(21)27/h2-16H,17H2,1H3,(H,31,32). The van der Waals surface area contributed by atoms with E-state index in [1.807, 2.05) is 43.1 Å². The van der Waals surface area contributed by atoms with Crippen molar-refractivity contribution in [3.8, 4) is 11.1 Å². The van der Waals surface area contributed by atoms with E-state index < -0.39 is 5.41 Å². The molecular weight excluding hydrogens is 422 g/mol. The van der Waals surface area contributed by atoms with Gasteiger partial charge >= 0.3 is 0 Å². The molecule has 2 aliphatic rings. The normalized spacial score (nSPS) is 15.2. The van der Waals surface area contributed by atoms with Crippen LogP contribution in [-0.2, 0) is 5.41 Å². The topological polar surface area (TPSA) is 73.8 Å². The van der Waals surface area contributed by atoms with Gasteiger partial charge in [-0.2, -0.15) is 5.10 Å². The number of nitrogens with zero attached hydrogens (tertiary/aromatic N) is 6. The minimum atomic E-state index is -0.599. The third kappa shape index (κ3) is 2.41. The third-order valence-electron chi connectivity index (χ3n) is 7.02. The lowest BCUT2D eigenvalue weighted by molar-refractivity contribution is 0.720. The quantitative estimate of drug-likeness (QED) is 0.434. The monoisotopic (exact) mass is 443 g/mol. The molecule has 0 saturated heterocycles. The molecule has 164 valence electrons. The molecular formula is C27H21N7. The van der Waals surface area contributed by atoms with E-state index in [2.05, 4.69) is 84.5 Å². The average molecular weight is 444 g/mol. The van der Waals surface area contributed by atoms with Crippen LogP contribution in [0.2, 0.25) is 0 Å². The predicted octanol–water partition coefficient (Wildman–Crippen LogP) is 4.50. The molecule has 0 bridgehead atoms. The molecule has 7 heteroatoms. The molecule has 0 spiro atoms. The highest BCUT2D eigenvalue weighted by atomic mass is 15.4. The largest absolute Gasteiger partial charge is 0.354 e. The number of H-pyrrole nitrogens is 1. The summed E-state index contributed by atoms with van der Waals surface area (Å²) in [5.41, 5.74) is 8.31. The molecule has 7 nitrogen and oxygen atoms in total. The van der Waals surface area contributed by atoms with Gasteiger partial charge < -0.3 is 9.80 Å². The lowest BCUT2D eigenvalue weighted by Gasteiger charge is -2.32. The van der Waals surface area contributed by atoms with E-state index >= 15 is 0 Å². The average Bonchev–Trinajstić information content (AvgIpc) is 3.61. The Hall–Kier alpha value is -4.52. The van der Waals surface area contributed by atoms with Gasteiger partial charge in [-0.05, 0) is 70.3 Å².